The van der Waals surface area contributed by atoms with Crippen LogP contribution in [-0.4, -0.2) is 35.8 Å². The molecule has 3 aromatic carbocycles. The van der Waals surface area contributed by atoms with Gasteiger partial charge in [0.05, 0.1) is 23.0 Å². The van der Waals surface area contributed by atoms with Crippen LogP contribution in [0.5, 0.6) is 0 Å². The highest BCUT2D eigenvalue weighted by Gasteiger charge is 2.58. The molecule has 3 aromatic rings. The Morgan fingerprint density at radius 3 is 1.75 bits per heavy atom. The molecule has 0 spiro atoms. The molecule has 0 amide bonds. The van der Waals surface area contributed by atoms with Crippen molar-refractivity contribution in [3.63, 3.8) is 0 Å². The lowest BCUT2D eigenvalue weighted by atomic mass is 9.92. The van der Waals surface area contributed by atoms with Crippen molar-refractivity contribution in [2.24, 2.45) is 0 Å². The van der Waals surface area contributed by atoms with Gasteiger partial charge in [-0.2, -0.15) is 4.72 Å². The Balaban J connectivity index is 2.04. The van der Waals surface area contributed by atoms with E-state index in [0.717, 1.165) is 31.8 Å². The second-order valence-electron chi connectivity index (χ2n) is 10.5. The van der Waals surface area contributed by atoms with Crippen LogP contribution in [0.3, 0.4) is 0 Å². The number of unbranched alkanes of at least 4 members (excludes halogenated alkanes) is 4. The standard InChI is InChI=1S/C32H38NO8PS2/c1-3-5-15-23-40-42(35,41-24-16-6-4-2)32(33-44(38,39)27-19-11-8-12-20-27)25-30(31(34)28-21-13-14-22-29(28)32)43(36,37)26-17-9-7-10-18-26/h7-14,17-22,25,33H,3-6,15-16,23-24H2,1-2H3. The predicted octanol–water partition coefficient (Wildman–Crippen LogP) is 6.98. The van der Waals surface area contributed by atoms with Crippen molar-refractivity contribution in [3.8, 4) is 0 Å². The van der Waals surface area contributed by atoms with Gasteiger partial charge in [0, 0.05) is 11.1 Å². The lowest BCUT2D eigenvalue weighted by Gasteiger charge is -2.40. The number of sulfone groups is 1. The molecule has 0 bridgehead atoms. The highest BCUT2D eigenvalue weighted by Crippen LogP contribution is 2.67. The van der Waals surface area contributed by atoms with E-state index < -0.39 is 43.4 Å². The zero-order chi connectivity index (χ0) is 31.8. The van der Waals surface area contributed by atoms with Gasteiger partial charge in [-0.3, -0.25) is 9.36 Å². The molecule has 12 heteroatoms. The fraction of sp³-hybridized carbons (Fsp3) is 0.344. The van der Waals surface area contributed by atoms with E-state index in [1.807, 2.05) is 13.8 Å². The van der Waals surface area contributed by atoms with Crippen LogP contribution < -0.4 is 4.72 Å². The van der Waals surface area contributed by atoms with Gasteiger partial charge < -0.3 is 9.05 Å². The zero-order valence-electron chi connectivity index (χ0n) is 24.8. The summed E-state index contributed by atoms with van der Waals surface area (Å²) < 4.78 is 86.0. The number of carbonyl (C=O) groups excluding carboxylic acids is 1. The molecule has 44 heavy (non-hydrogen) atoms. The Bertz CT molecular complexity index is 1730. The van der Waals surface area contributed by atoms with Crippen LogP contribution in [-0.2, 0) is 38.8 Å². The van der Waals surface area contributed by atoms with E-state index in [2.05, 4.69) is 4.72 Å². The van der Waals surface area contributed by atoms with Crippen LogP contribution in [0.15, 0.2) is 106 Å². The number of fused-ring (bicyclic) bond motifs is 1. The second kappa shape index (κ2) is 14.5. The molecule has 0 saturated heterocycles. The smallest absolute Gasteiger partial charge is 0.307 e. The molecular formula is C32H38NO8PS2. The first-order chi connectivity index (χ1) is 21.0. The van der Waals surface area contributed by atoms with Crippen molar-refractivity contribution >= 4 is 33.2 Å². The summed E-state index contributed by atoms with van der Waals surface area (Å²) in [4.78, 5) is 12.8. The SMILES string of the molecule is CCCCCOP(=O)(OCCCCC)C1(NS(=O)(=O)c2ccccc2)C=C(S(=O)(=O)c2ccccc2)C(=O)c2ccccc21. The molecule has 0 radical (unpaired) electrons. The molecule has 4 rings (SSSR count). The Labute approximate surface area is 260 Å². The Morgan fingerprint density at radius 2 is 1.20 bits per heavy atom. The first kappa shape index (κ1) is 34.0. The van der Waals surface area contributed by atoms with Gasteiger partial charge >= 0.3 is 7.60 Å². The molecule has 0 saturated carbocycles. The lowest BCUT2D eigenvalue weighted by molar-refractivity contribution is 0.103. The van der Waals surface area contributed by atoms with Crippen LogP contribution in [0.2, 0.25) is 0 Å². The number of hydrogen-bond acceptors (Lipinski definition) is 8. The van der Waals surface area contributed by atoms with Crippen molar-refractivity contribution in [1.82, 2.24) is 4.72 Å². The molecule has 0 aliphatic heterocycles. The van der Waals surface area contributed by atoms with E-state index in [1.54, 1.807) is 18.2 Å². The largest absolute Gasteiger partial charge is 0.360 e. The lowest BCUT2D eigenvalue weighted by Crippen LogP contribution is -2.48. The van der Waals surface area contributed by atoms with E-state index in [9.17, 15) is 21.6 Å². The number of benzene rings is 3. The van der Waals surface area contributed by atoms with Gasteiger partial charge in [0.1, 0.15) is 4.91 Å². The zero-order valence-corrected chi connectivity index (χ0v) is 27.4. The molecule has 236 valence electrons. The molecule has 9 nitrogen and oxygen atoms in total. The maximum Gasteiger partial charge on any atom is 0.360 e. The van der Waals surface area contributed by atoms with Crippen molar-refractivity contribution in [2.45, 2.75) is 67.4 Å². The highest BCUT2D eigenvalue weighted by atomic mass is 32.2. The number of rotatable bonds is 16. The van der Waals surface area contributed by atoms with E-state index in [-0.39, 0.29) is 34.1 Å². The molecular weight excluding hydrogens is 621 g/mol. The molecule has 1 N–H and O–H groups in total. The topological polar surface area (TPSA) is 133 Å². The van der Waals surface area contributed by atoms with Crippen molar-refractivity contribution in [1.29, 1.82) is 0 Å². The Morgan fingerprint density at radius 1 is 0.705 bits per heavy atom. The van der Waals surface area contributed by atoms with Crippen molar-refractivity contribution in [3.05, 3.63) is 107 Å². The average Bonchev–Trinajstić information content (AvgIpc) is 3.03. The average molecular weight is 660 g/mol. The number of hydrogen-bond donors (Lipinski definition) is 1. The molecule has 1 aliphatic carbocycles. The minimum atomic E-state index is -4.66. The normalized spacial score (nSPS) is 17.2. The number of Topliss-reactive ketones (excluding diaryl/α,β-unsaturated/α-hetero) is 1. The van der Waals surface area contributed by atoms with Crippen molar-refractivity contribution < 1.29 is 35.2 Å². The minimum Gasteiger partial charge on any atom is -0.307 e. The number of carbonyl (C=O) groups is 1. The third kappa shape index (κ3) is 6.98. The summed E-state index contributed by atoms with van der Waals surface area (Å²) in [7, 11) is -13.7. The summed E-state index contributed by atoms with van der Waals surface area (Å²) in [5, 5.41) is -2.40. The summed E-state index contributed by atoms with van der Waals surface area (Å²) in [5.41, 5.74) is -0.152. The first-order valence-corrected chi connectivity index (χ1v) is 19.2. The molecule has 1 aliphatic rings. The van der Waals surface area contributed by atoms with Crippen LogP contribution in [0.25, 0.3) is 0 Å². The third-order valence-corrected chi connectivity index (χ3v) is 13.1. The fourth-order valence-corrected chi connectivity index (χ4v) is 10.5. The third-order valence-electron chi connectivity index (χ3n) is 7.28. The van der Waals surface area contributed by atoms with E-state index in [0.29, 0.717) is 12.8 Å². The summed E-state index contributed by atoms with van der Waals surface area (Å²) in [5.74, 6) is -0.859. The van der Waals surface area contributed by atoms with Gasteiger partial charge in [0.25, 0.3) is 0 Å². The number of allylic oxidation sites excluding steroid dienone is 1. The minimum absolute atomic E-state index is 0.0224. The maximum absolute atomic E-state index is 15.3. The van der Waals surface area contributed by atoms with Crippen LogP contribution in [0.1, 0.15) is 68.3 Å². The Hall–Kier alpha value is -2.92. The van der Waals surface area contributed by atoms with Crippen LogP contribution in [0, 0.1) is 0 Å². The van der Waals surface area contributed by atoms with Gasteiger partial charge in [-0.25, -0.2) is 16.8 Å². The van der Waals surface area contributed by atoms with Crippen LogP contribution >= 0.6 is 7.60 Å². The van der Waals surface area contributed by atoms with Gasteiger partial charge in [-0.15, -0.1) is 0 Å². The van der Waals surface area contributed by atoms with Crippen molar-refractivity contribution in [2.75, 3.05) is 13.2 Å². The van der Waals surface area contributed by atoms with Gasteiger partial charge in [-0.05, 0) is 43.2 Å². The monoisotopic (exact) mass is 659 g/mol. The molecule has 0 aromatic heterocycles. The highest BCUT2D eigenvalue weighted by molar-refractivity contribution is 7.96. The predicted molar refractivity (Wildman–Crippen MR) is 169 cm³/mol. The number of sulfonamides is 1. The quantitative estimate of drug-likeness (QED) is 0.129. The number of nitrogens with one attached hydrogen (secondary N) is 1. The number of ketones is 1. The summed E-state index contributed by atoms with van der Waals surface area (Å²) in [6.45, 7) is 3.89. The van der Waals surface area contributed by atoms with Gasteiger partial charge in [0.2, 0.25) is 25.6 Å². The first-order valence-electron chi connectivity index (χ1n) is 14.7. The van der Waals surface area contributed by atoms with E-state index in [4.69, 9.17) is 9.05 Å². The fourth-order valence-electron chi connectivity index (χ4n) is 4.95. The molecule has 1 unspecified atom stereocenters. The molecule has 0 fully saturated rings. The summed E-state index contributed by atoms with van der Waals surface area (Å²) in [6, 6.07) is 20.7. The van der Waals surface area contributed by atoms with E-state index >= 15 is 4.57 Å². The molecule has 1 atom stereocenters. The summed E-state index contributed by atoms with van der Waals surface area (Å²) >= 11 is 0. The molecule has 0 heterocycles. The van der Waals surface area contributed by atoms with Crippen LogP contribution in [0.4, 0.5) is 0 Å². The Kier molecular flexibility index (Phi) is 11.2. The van der Waals surface area contributed by atoms with E-state index in [1.165, 1.54) is 66.7 Å². The van der Waals surface area contributed by atoms with Gasteiger partial charge in [0.15, 0.2) is 5.28 Å². The maximum atomic E-state index is 15.3. The van der Waals surface area contributed by atoms with Gasteiger partial charge in [-0.1, -0.05) is 100 Å². The second-order valence-corrected chi connectivity index (χ2v) is 16.3. The summed E-state index contributed by atoms with van der Waals surface area (Å²) in [6.07, 6.45) is 5.11.